The van der Waals surface area contributed by atoms with E-state index in [1.54, 1.807) is 31.2 Å². The number of hydroxylamine groups is 1. The number of halogens is 1. The summed E-state index contributed by atoms with van der Waals surface area (Å²) in [6.07, 6.45) is 1.52. The smallest absolute Gasteiger partial charge is 0.210 e. The van der Waals surface area contributed by atoms with E-state index in [0.717, 1.165) is 4.47 Å². The van der Waals surface area contributed by atoms with Gasteiger partial charge in [0.2, 0.25) is 5.78 Å². The van der Waals surface area contributed by atoms with Gasteiger partial charge in [-0.25, -0.2) is 0 Å². The van der Waals surface area contributed by atoms with Crippen molar-refractivity contribution in [2.75, 3.05) is 0 Å². The molecule has 0 unspecified atom stereocenters. The molecular weight excluding hydrogens is 246 g/mol. The van der Waals surface area contributed by atoms with Gasteiger partial charge in [-0.05, 0) is 31.2 Å². The fourth-order valence-corrected chi connectivity index (χ4v) is 1.27. The van der Waals surface area contributed by atoms with Gasteiger partial charge in [0, 0.05) is 10.0 Å². The van der Waals surface area contributed by atoms with E-state index in [2.05, 4.69) is 15.9 Å². The Kier molecular flexibility index (Phi) is 3.85. The molecule has 3 nitrogen and oxygen atoms in total. The summed E-state index contributed by atoms with van der Waals surface area (Å²) in [4.78, 5) is 11.6. The molecule has 14 heavy (non-hydrogen) atoms. The Balaban J connectivity index is 2.95. The Hall–Kier alpha value is -1.13. The molecule has 0 bridgehead atoms. The van der Waals surface area contributed by atoms with Gasteiger partial charge in [-0.15, -0.1) is 0 Å². The summed E-state index contributed by atoms with van der Waals surface area (Å²) in [7, 11) is 0. The zero-order chi connectivity index (χ0) is 10.6. The lowest BCUT2D eigenvalue weighted by molar-refractivity contribution is 0.0976. The molecule has 0 saturated carbocycles. The van der Waals surface area contributed by atoms with Crippen LogP contribution in [0, 0.1) is 0 Å². The lowest BCUT2D eigenvalue weighted by Crippen LogP contribution is -2.16. The van der Waals surface area contributed by atoms with E-state index in [1.165, 1.54) is 6.08 Å². The normalized spacial score (nSPS) is 11.2. The van der Waals surface area contributed by atoms with Crippen LogP contribution in [0.5, 0.6) is 0 Å². The highest BCUT2D eigenvalue weighted by molar-refractivity contribution is 9.10. The molecule has 0 spiro atoms. The molecule has 0 radical (unpaired) electrons. The minimum absolute atomic E-state index is 0.173. The third-order valence-electron chi connectivity index (χ3n) is 1.76. The van der Waals surface area contributed by atoms with E-state index in [-0.39, 0.29) is 11.5 Å². The first-order valence-electron chi connectivity index (χ1n) is 4.05. The molecular formula is C10H10BrNO2. The van der Waals surface area contributed by atoms with Crippen molar-refractivity contribution in [3.63, 3.8) is 0 Å². The van der Waals surface area contributed by atoms with Crippen LogP contribution < -0.4 is 5.48 Å². The number of carbonyl (C=O) groups excluding carboxylic acids is 1. The molecule has 4 heteroatoms. The maximum atomic E-state index is 11.6. The standard InChI is InChI=1S/C10H10BrNO2/c1-2-9(12-14)10(13)7-3-5-8(11)6-4-7/h2-6,12,14H,1H3. The second kappa shape index (κ2) is 4.93. The summed E-state index contributed by atoms with van der Waals surface area (Å²) in [6.45, 7) is 1.68. The summed E-state index contributed by atoms with van der Waals surface area (Å²) in [5.74, 6) is -0.234. The minimum Gasteiger partial charge on any atom is -0.291 e. The third-order valence-corrected chi connectivity index (χ3v) is 2.29. The quantitative estimate of drug-likeness (QED) is 0.496. The number of allylic oxidation sites excluding steroid dienone is 2. The highest BCUT2D eigenvalue weighted by Crippen LogP contribution is 2.12. The van der Waals surface area contributed by atoms with Gasteiger partial charge in [0.1, 0.15) is 5.70 Å². The number of rotatable bonds is 3. The second-order valence-electron chi connectivity index (χ2n) is 2.65. The third kappa shape index (κ3) is 2.43. The van der Waals surface area contributed by atoms with E-state index in [4.69, 9.17) is 5.21 Å². The zero-order valence-corrected chi connectivity index (χ0v) is 9.21. The Bertz CT molecular complexity index is 357. The summed E-state index contributed by atoms with van der Waals surface area (Å²) < 4.78 is 0.910. The summed E-state index contributed by atoms with van der Waals surface area (Å²) in [6, 6.07) is 6.93. The number of carbonyl (C=O) groups is 1. The van der Waals surface area contributed by atoms with Crippen molar-refractivity contribution < 1.29 is 10.0 Å². The summed E-state index contributed by atoms with van der Waals surface area (Å²) in [5.41, 5.74) is 2.57. The average molecular weight is 256 g/mol. The van der Waals surface area contributed by atoms with Crippen molar-refractivity contribution >= 4 is 21.7 Å². The van der Waals surface area contributed by atoms with E-state index in [9.17, 15) is 4.79 Å². The van der Waals surface area contributed by atoms with Gasteiger partial charge in [-0.1, -0.05) is 22.0 Å². The van der Waals surface area contributed by atoms with E-state index in [1.807, 2.05) is 5.48 Å². The molecule has 0 aliphatic carbocycles. The van der Waals surface area contributed by atoms with Crippen LogP contribution in [0.3, 0.4) is 0 Å². The van der Waals surface area contributed by atoms with Crippen molar-refractivity contribution in [3.05, 3.63) is 46.1 Å². The molecule has 0 aliphatic heterocycles. The van der Waals surface area contributed by atoms with Crippen LogP contribution in [0.2, 0.25) is 0 Å². The van der Waals surface area contributed by atoms with Gasteiger partial charge in [-0.3, -0.25) is 15.5 Å². The highest BCUT2D eigenvalue weighted by Gasteiger charge is 2.09. The predicted molar refractivity (Wildman–Crippen MR) is 57.2 cm³/mol. The van der Waals surface area contributed by atoms with Crippen LogP contribution in [0.25, 0.3) is 0 Å². The van der Waals surface area contributed by atoms with Gasteiger partial charge in [0.25, 0.3) is 0 Å². The molecule has 0 amide bonds. The van der Waals surface area contributed by atoms with E-state index < -0.39 is 0 Å². The van der Waals surface area contributed by atoms with Crippen LogP contribution in [0.1, 0.15) is 17.3 Å². The van der Waals surface area contributed by atoms with Crippen molar-refractivity contribution in [1.29, 1.82) is 0 Å². The Morgan fingerprint density at radius 3 is 2.43 bits per heavy atom. The van der Waals surface area contributed by atoms with Crippen LogP contribution in [-0.2, 0) is 0 Å². The molecule has 0 fully saturated rings. The molecule has 0 atom stereocenters. The van der Waals surface area contributed by atoms with Crippen molar-refractivity contribution in [2.45, 2.75) is 6.92 Å². The summed E-state index contributed by atoms with van der Waals surface area (Å²) >= 11 is 3.27. The monoisotopic (exact) mass is 255 g/mol. The Morgan fingerprint density at radius 2 is 2.00 bits per heavy atom. The maximum Gasteiger partial charge on any atom is 0.210 e. The molecule has 1 aromatic rings. The highest BCUT2D eigenvalue weighted by atomic mass is 79.9. The second-order valence-corrected chi connectivity index (χ2v) is 3.57. The number of Topliss-reactive ketones (excluding diaryl/α,β-unsaturated/α-hetero) is 1. The molecule has 0 saturated heterocycles. The van der Waals surface area contributed by atoms with Crippen LogP contribution >= 0.6 is 15.9 Å². The Morgan fingerprint density at radius 1 is 1.43 bits per heavy atom. The SMILES string of the molecule is CC=C(NO)C(=O)c1ccc(Br)cc1. The number of benzene rings is 1. The lowest BCUT2D eigenvalue weighted by Gasteiger charge is -2.03. The molecule has 1 aromatic carbocycles. The fraction of sp³-hybridized carbons (Fsp3) is 0.100. The summed E-state index contributed by atoms with van der Waals surface area (Å²) in [5, 5.41) is 8.66. The van der Waals surface area contributed by atoms with Crippen molar-refractivity contribution in [2.24, 2.45) is 0 Å². The number of hydrogen-bond donors (Lipinski definition) is 2. The van der Waals surface area contributed by atoms with Gasteiger partial charge in [0.05, 0.1) is 0 Å². The van der Waals surface area contributed by atoms with Gasteiger partial charge >= 0.3 is 0 Å². The first kappa shape index (κ1) is 10.9. The van der Waals surface area contributed by atoms with Crippen LogP contribution in [0.15, 0.2) is 40.5 Å². The first-order valence-corrected chi connectivity index (χ1v) is 4.85. The molecule has 1 rings (SSSR count). The molecule has 2 N–H and O–H groups in total. The van der Waals surface area contributed by atoms with E-state index in [0.29, 0.717) is 5.56 Å². The molecule has 0 aliphatic rings. The molecule has 74 valence electrons. The van der Waals surface area contributed by atoms with Crippen LogP contribution in [-0.4, -0.2) is 11.0 Å². The van der Waals surface area contributed by atoms with Gasteiger partial charge in [0.15, 0.2) is 0 Å². The predicted octanol–water partition coefficient (Wildman–Crippen LogP) is 2.51. The topological polar surface area (TPSA) is 49.3 Å². The number of hydrogen-bond acceptors (Lipinski definition) is 3. The van der Waals surface area contributed by atoms with Crippen molar-refractivity contribution in [1.82, 2.24) is 5.48 Å². The maximum absolute atomic E-state index is 11.6. The molecule has 0 heterocycles. The van der Waals surface area contributed by atoms with Gasteiger partial charge in [-0.2, -0.15) is 0 Å². The fourth-order valence-electron chi connectivity index (χ4n) is 1.00. The minimum atomic E-state index is -0.234. The number of nitrogens with one attached hydrogen (secondary N) is 1. The number of ketones is 1. The zero-order valence-electron chi connectivity index (χ0n) is 7.62. The Labute approximate surface area is 90.5 Å². The molecule has 0 aromatic heterocycles. The largest absolute Gasteiger partial charge is 0.291 e. The van der Waals surface area contributed by atoms with E-state index >= 15 is 0 Å². The van der Waals surface area contributed by atoms with Gasteiger partial charge < -0.3 is 0 Å². The first-order chi connectivity index (χ1) is 6.69. The average Bonchev–Trinajstić information content (AvgIpc) is 2.20. The van der Waals surface area contributed by atoms with Crippen molar-refractivity contribution in [3.8, 4) is 0 Å². The lowest BCUT2D eigenvalue weighted by atomic mass is 10.1. The van der Waals surface area contributed by atoms with Crippen LogP contribution in [0.4, 0.5) is 0 Å².